The van der Waals surface area contributed by atoms with E-state index in [-0.39, 0.29) is 10.9 Å². The van der Waals surface area contributed by atoms with Crippen molar-refractivity contribution in [2.24, 2.45) is 11.8 Å². The molecule has 0 nitrogen and oxygen atoms in total. The third kappa shape index (κ3) is 5.02. The van der Waals surface area contributed by atoms with Crippen LogP contribution in [0.15, 0.2) is 36.2 Å². The van der Waals surface area contributed by atoms with E-state index in [1.54, 1.807) is 0 Å². The molecule has 1 saturated carbocycles. The summed E-state index contributed by atoms with van der Waals surface area (Å²) in [4.78, 5) is 0. The number of hydrogen-bond acceptors (Lipinski definition) is 0. The molecule has 0 N–H and O–H groups in total. The zero-order valence-corrected chi connectivity index (χ0v) is 18.1. The van der Waals surface area contributed by atoms with Crippen molar-refractivity contribution in [2.75, 3.05) is 0 Å². The SMILES string of the molecule is C/C=C/CCC1CCC(C(F)=C(F)c2ccc3cc(CCC)c(F)c(F)c3c2F)CC1. The molecule has 0 atom stereocenters. The van der Waals surface area contributed by atoms with Crippen LogP contribution in [0.4, 0.5) is 22.0 Å². The summed E-state index contributed by atoms with van der Waals surface area (Å²) in [5.41, 5.74) is -0.505. The molecule has 0 radical (unpaired) electrons. The fraction of sp³-hybridized carbons (Fsp3) is 0.462. The van der Waals surface area contributed by atoms with Crippen LogP contribution in [0.3, 0.4) is 0 Å². The summed E-state index contributed by atoms with van der Waals surface area (Å²) in [7, 11) is 0. The molecule has 1 fully saturated rings. The van der Waals surface area contributed by atoms with Gasteiger partial charge in [0.15, 0.2) is 17.5 Å². The summed E-state index contributed by atoms with van der Waals surface area (Å²) >= 11 is 0. The van der Waals surface area contributed by atoms with E-state index in [0.29, 0.717) is 31.6 Å². The average Bonchev–Trinajstić information content (AvgIpc) is 2.77. The Balaban J connectivity index is 1.87. The Labute approximate surface area is 180 Å². The number of hydrogen-bond donors (Lipinski definition) is 0. The van der Waals surface area contributed by atoms with E-state index < -0.39 is 46.0 Å². The Bertz CT molecular complexity index is 981. The molecule has 0 spiro atoms. The van der Waals surface area contributed by atoms with E-state index in [1.807, 2.05) is 19.9 Å². The molecule has 168 valence electrons. The first-order valence-corrected chi connectivity index (χ1v) is 11.1. The number of rotatable bonds is 7. The van der Waals surface area contributed by atoms with Crippen molar-refractivity contribution in [3.05, 3.63) is 64.8 Å². The van der Waals surface area contributed by atoms with Crippen molar-refractivity contribution in [1.29, 1.82) is 0 Å². The molecule has 1 aliphatic rings. The molecule has 0 aliphatic heterocycles. The molecule has 31 heavy (non-hydrogen) atoms. The minimum atomic E-state index is -1.35. The summed E-state index contributed by atoms with van der Waals surface area (Å²) < 4.78 is 73.7. The van der Waals surface area contributed by atoms with Gasteiger partial charge in [0.25, 0.3) is 0 Å². The van der Waals surface area contributed by atoms with Crippen LogP contribution in [0.1, 0.15) is 69.9 Å². The van der Waals surface area contributed by atoms with Gasteiger partial charge >= 0.3 is 0 Å². The number of aryl methyl sites for hydroxylation is 1. The fourth-order valence-corrected chi connectivity index (χ4v) is 4.57. The van der Waals surface area contributed by atoms with Gasteiger partial charge in [-0.3, -0.25) is 0 Å². The second kappa shape index (κ2) is 10.4. The lowest BCUT2D eigenvalue weighted by molar-refractivity contribution is 0.263. The molecule has 1 aliphatic carbocycles. The summed E-state index contributed by atoms with van der Waals surface area (Å²) in [5.74, 6) is -6.18. The van der Waals surface area contributed by atoms with Crippen LogP contribution in [0.2, 0.25) is 0 Å². The van der Waals surface area contributed by atoms with Crippen LogP contribution in [0, 0.1) is 29.3 Å². The van der Waals surface area contributed by atoms with Crippen LogP contribution in [0.25, 0.3) is 16.6 Å². The number of fused-ring (bicyclic) bond motifs is 1. The molecule has 0 aromatic heterocycles. The van der Waals surface area contributed by atoms with Gasteiger partial charge in [-0.2, -0.15) is 0 Å². The minimum absolute atomic E-state index is 0.137. The molecular formula is C26H29F5. The Hall–Kier alpha value is -2.17. The van der Waals surface area contributed by atoms with Gasteiger partial charge in [0.05, 0.1) is 5.39 Å². The maximum Gasteiger partial charge on any atom is 0.169 e. The van der Waals surface area contributed by atoms with Gasteiger partial charge in [-0.25, -0.2) is 22.0 Å². The minimum Gasteiger partial charge on any atom is -0.208 e. The standard InChI is InChI=1S/C26H29F5/c1-3-5-6-8-16-9-11-17(12-10-16)22(27)25(30)20-14-13-18-15-19(7-4-2)23(28)26(31)21(18)24(20)29/h3,5,13-17H,4,6-12H2,1-2H3/b5-3+,25-22?. The zero-order chi connectivity index (χ0) is 22.5. The first-order valence-electron chi connectivity index (χ1n) is 11.1. The van der Waals surface area contributed by atoms with Crippen molar-refractivity contribution in [2.45, 2.75) is 65.2 Å². The Morgan fingerprint density at radius 3 is 2.35 bits per heavy atom. The zero-order valence-electron chi connectivity index (χ0n) is 18.1. The normalized spacial score (nSPS) is 20.5. The molecule has 5 heteroatoms. The molecule has 0 saturated heterocycles. The van der Waals surface area contributed by atoms with E-state index in [1.165, 1.54) is 12.1 Å². The molecule has 3 rings (SSSR count). The van der Waals surface area contributed by atoms with Crippen LogP contribution in [-0.4, -0.2) is 0 Å². The highest BCUT2D eigenvalue weighted by molar-refractivity contribution is 5.88. The molecule has 0 bridgehead atoms. The van der Waals surface area contributed by atoms with Crippen molar-refractivity contribution in [3.8, 4) is 0 Å². The molecule has 0 heterocycles. The van der Waals surface area contributed by atoms with Gasteiger partial charge in [-0.1, -0.05) is 31.6 Å². The number of allylic oxidation sites excluding steroid dienone is 3. The van der Waals surface area contributed by atoms with Gasteiger partial charge in [0.1, 0.15) is 11.6 Å². The van der Waals surface area contributed by atoms with Gasteiger partial charge in [0, 0.05) is 11.5 Å². The monoisotopic (exact) mass is 436 g/mol. The lowest BCUT2D eigenvalue weighted by Crippen LogP contribution is -2.15. The largest absolute Gasteiger partial charge is 0.208 e. The summed E-state index contributed by atoms with van der Waals surface area (Å²) in [5, 5.41) is -0.496. The van der Waals surface area contributed by atoms with Crippen LogP contribution >= 0.6 is 0 Å². The van der Waals surface area contributed by atoms with E-state index in [0.717, 1.165) is 31.7 Å². The van der Waals surface area contributed by atoms with E-state index >= 15 is 0 Å². The van der Waals surface area contributed by atoms with Gasteiger partial charge in [0.2, 0.25) is 0 Å². The van der Waals surface area contributed by atoms with Crippen molar-refractivity contribution in [3.63, 3.8) is 0 Å². The fourth-order valence-electron chi connectivity index (χ4n) is 4.57. The van der Waals surface area contributed by atoms with Crippen LogP contribution < -0.4 is 0 Å². The highest BCUT2D eigenvalue weighted by Crippen LogP contribution is 2.40. The van der Waals surface area contributed by atoms with E-state index in [2.05, 4.69) is 6.08 Å². The van der Waals surface area contributed by atoms with E-state index in [4.69, 9.17) is 0 Å². The van der Waals surface area contributed by atoms with Gasteiger partial charge in [-0.15, -0.1) is 0 Å². The summed E-state index contributed by atoms with van der Waals surface area (Å²) in [6.07, 6.45) is 9.59. The van der Waals surface area contributed by atoms with Crippen LogP contribution in [0.5, 0.6) is 0 Å². The highest BCUT2D eigenvalue weighted by Gasteiger charge is 2.28. The third-order valence-corrected chi connectivity index (χ3v) is 6.35. The smallest absolute Gasteiger partial charge is 0.169 e. The second-order valence-corrected chi connectivity index (χ2v) is 8.46. The molecular weight excluding hydrogens is 407 g/mol. The molecule has 2 aromatic carbocycles. The van der Waals surface area contributed by atoms with E-state index in [9.17, 15) is 22.0 Å². The number of benzene rings is 2. The predicted octanol–water partition coefficient (Wildman–Crippen LogP) is 8.98. The van der Waals surface area contributed by atoms with Crippen LogP contribution in [-0.2, 0) is 6.42 Å². The third-order valence-electron chi connectivity index (χ3n) is 6.35. The Kier molecular flexibility index (Phi) is 7.90. The first kappa shape index (κ1) is 23.5. The summed E-state index contributed by atoms with van der Waals surface area (Å²) in [6, 6.07) is 3.81. The van der Waals surface area contributed by atoms with Gasteiger partial charge < -0.3 is 0 Å². The van der Waals surface area contributed by atoms with Crippen molar-refractivity contribution < 1.29 is 22.0 Å². The summed E-state index contributed by atoms with van der Waals surface area (Å²) in [6.45, 7) is 3.79. The lowest BCUT2D eigenvalue weighted by Gasteiger charge is -2.27. The second-order valence-electron chi connectivity index (χ2n) is 8.46. The quantitative estimate of drug-likeness (QED) is 0.300. The molecule has 0 amide bonds. The van der Waals surface area contributed by atoms with Gasteiger partial charge in [-0.05, 0) is 80.9 Å². The topological polar surface area (TPSA) is 0 Å². The van der Waals surface area contributed by atoms with Crippen molar-refractivity contribution >= 4 is 16.6 Å². The Morgan fingerprint density at radius 2 is 1.71 bits per heavy atom. The molecule has 0 unspecified atom stereocenters. The lowest BCUT2D eigenvalue weighted by atomic mass is 9.79. The maximum absolute atomic E-state index is 15.0. The highest BCUT2D eigenvalue weighted by atomic mass is 19.2. The first-order chi connectivity index (χ1) is 14.9. The Morgan fingerprint density at radius 1 is 1.00 bits per heavy atom. The maximum atomic E-state index is 15.0. The number of halogens is 5. The predicted molar refractivity (Wildman–Crippen MR) is 116 cm³/mol. The van der Waals surface area contributed by atoms with Crippen molar-refractivity contribution in [1.82, 2.24) is 0 Å². The average molecular weight is 437 g/mol. The molecule has 2 aromatic rings.